The number of carbonyl (C=O) groups excluding carboxylic acids is 1. The van der Waals surface area contributed by atoms with Crippen LogP contribution in [0.15, 0.2) is 39.5 Å². The minimum absolute atomic E-state index is 0.0303. The van der Waals surface area contributed by atoms with Crippen molar-refractivity contribution in [2.24, 2.45) is 0 Å². The average molecular weight is 418 g/mol. The molecule has 7 nitrogen and oxygen atoms in total. The van der Waals surface area contributed by atoms with Gasteiger partial charge < -0.3 is 19.2 Å². The zero-order valence-electron chi connectivity index (χ0n) is 17.1. The lowest BCUT2D eigenvalue weighted by atomic mass is 9.97. The fraction of sp³-hybridized carbons (Fsp3) is 0.476. The van der Waals surface area contributed by atoms with E-state index in [1.807, 2.05) is 13.0 Å². The monoisotopic (exact) mass is 417 g/mol. The predicted molar refractivity (Wildman–Crippen MR) is 112 cm³/mol. The van der Waals surface area contributed by atoms with Crippen molar-refractivity contribution in [3.63, 3.8) is 0 Å². The van der Waals surface area contributed by atoms with Gasteiger partial charge >= 0.3 is 0 Å². The quantitative estimate of drug-likeness (QED) is 0.482. The van der Waals surface area contributed by atoms with Crippen LogP contribution in [0, 0.1) is 0 Å². The number of thioether (sulfide) groups is 1. The normalized spacial score (nSPS) is 14.8. The summed E-state index contributed by atoms with van der Waals surface area (Å²) in [5, 5.41) is 11.2. The lowest BCUT2D eigenvalue weighted by molar-refractivity contribution is -0.120. The van der Waals surface area contributed by atoms with E-state index in [0.717, 1.165) is 24.8 Å². The Bertz CT molecular complexity index is 865. The number of hydrogen-bond donors (Lipinski definition) is 1. The Labute approximate surface area is 175 Å². The number of ether oxygens (including phenoxy) is 2. The van der Waals surface area contributed by atoms with Crippen molar-refractivity contribution in [2.75, 3.05) is 20.8 Å². The van der Waals surface area contributed by atoms with Gasteiger partial charge in [0.1, 0.15) is 0 Å². The maximum absolute atomic E-state index is 12.3. The third-order valence-corrected chi connectivity index (χ3v) is 5.75. The van der Waals surface area contributed by atoms with Crippen LogP contribution in [0.1, 0.15) is 39.0 Å². The van der Waals surface area contributed by atoms with E-state index in [1.54, 1.807) is 26.4 Å². The van der Waals surface area contributed by atoms with Gasteiger partial charge in [-0.25, -0.2) is 0 Å². The fourth-order valence-corrected chi connectivity index (χ4v) is 3.88. The molecule has 29 heavy (non-hydrogen) atoms. The molecule has 0 bridgehead atoms. The second kappa shape index (κ2) is 10.3. The van der Waals surface area contributed by atoms with Crippen molar-refractivity contribution in [1.82, 2.24) is 15.5 Å². The Hall–Kier alpha value is -2.48. The highest BCUT2D eigenvalue weighted by Gasteiger charge is 2.19. The number of amides is 1. The molecule has 156 valence electrons. The molecule has 1 atom stereocenters. The smallest absolute Gasteiger partial charge is 0.277 e. The molecule has 2 aromatic rings. The van der Waals surface area contributed by atoms with Crippen LogP contribution >= 0.6 is 11.8 Å². The first-order valence-electron chi connectivity index (χ1n) is 9.79. The Morgan fingerprint density at radius 1 is 1.24 bits per heavy atom. The molecule has 0 spiro atoms. The van der Waals surface area contributed by atoms with Crippen LogP contribution in [0.4, 0.5) is 0 Å². The van der Waals surface area contributed by atoms with Crippen molar-refractivity contribution in [3.8, 4) is 23.0 Å². The van der Waals surface area contributed by atoms with Crippen molar-refractivity contribution < 1.29 is 18.7 Å². The van der Waals surface area contributed by atoms with Gasteiger partial charge in [-0.1, -0.05) is 23.4 Å². The zero-order chi connectivity index (χ0) is 20.6. The largest absolute Gasteiger partial charge is 0.493 e. The molecule has 1 aromatic carbocycles. The molecule has 1 aliphatic carbocycles. The maximum atomic E-state index is 12.3. The summed E-state index contributed by atoms with van der Waals surface area (Å²) in [4.78, 5) is 12.3. The van der Waals surface area contributed by atoms with Crippen LogP contribution in [0.2, 0.25) is 0 Å². The number of carbonyl (C=O) groups is 1. The van der Waals surface area contributed by atoms with Crippen LogP contribution in [0.25, 0.3) is 11.5 Å². The number of nitrogens with one attached hydrogen (secondary N) is 1. The molecule has 0 saturated heterocycles. The number of benzene rings is 1. The molecule has 3 rings (SSSR count). The van der Waals surface area contributed by atoms with Crippen molar-refractivity contribution >= 4 is 17.7 Å². The standard InChI is InChI=1S/C21H27N3O4S/c1-14(19(25)22-12-11-15-7-5-4-6-8-15)29-21-24-23-20(28-21)16-9-10-17(26-2)18(13-16)27-3/h7,9-10,13-14H,4-6,8,11-12H2,1-3H3,(H,22,25)/t14-/m1/s1. The first-order valence-corrected chi connectivity index (χ1v) is 10.7. The summed E-state index contributed by atoms with van der Waals surface area (Å²) in [7, 11) is 3.15. The van der Waals surface area contributed by atoms with Crippen LogP contribution in [-0.2, 0) is 4.79 Å². The second-order valence-corrected chi connectivity index (χ2v) is 8.14. The van der Waals surface area contributed by atoms with Crippen LogP contribution in [0.3, 0.4) is 0 Å². The first-order chi connectivity index (χ1) is 14.1. The molecule has 0 unspecified atom stereocenters. The van der Waals surface area contributed by atoms with Crippen LogP contribution < -0.4 is 14.8 Å². The number of rotatable bonds is 9. The van der Waals surface area contributed by atoms with Gasteiger partial charge in [-0.05, 0) is 57.2 Å². The molecule has 1 heterocycles. The van der Waals surface area contributed by atoms with Gasteiger partial charge in [0.05, 0.1) is 19.5 Å². The fourth-order valence-electron chi connectivity index (χ4n) is 3.17. The SMILES string of the molecule is COc1ccc(-c2nnc(S[C@H](C)C(=O)NCCC3=CCCCC3)o2)cc1OC. The third-order valence-electron chi connectivity index (χ3n) is 4.81. The maximum Gasteiger partial charge on any atom is 0.277 e. The molecular formula is C21H27N3O4S. The van der Waals surface area contributed by atoms with E-state index in [4.69, 9.17) is 13.9 Å². The van der Waals surface area contributed by atoms with Crippen molar-refractivity contribution in [2.45, 2.75) is 49.5 Å². The van der Waals surface area contributed by atoms with Crippen LogP contribution in [-0.4, -0.2) is 42.1 Å². The van der Waals surface area contributed by atoms with E-state index in [-0.39, 0.29) is 11.2 Å². The van der Waals surface area contributed by atoms with Crippen molar-refractivity contribution in [1.29, 1.82) is 0 Å². The van der Waals surface area contributed by atoms with E-state index in [0.29, 0.717) is 29.2 Å². The molecule has 0 aliphatic heterocycles. The molecule has 1 N–H and O–H groups in total. The minimum Gasteiger partial charge on any atom is -0.493 e. The number of aromatic nitrogens is 2. The number of allylic oxidation sites excluding steroid dienone is 1. The molecule has 0 fully saturated rings. The van der Waals surface area contributed by atoms with Gasteiger partial charge in [0.15, 0.2) is 11.5 Å². The van der Waals surface area contributed by atoms with Gasteiger partial charge in [-0.3, -0.25) is 4.79 Å². The van der Waals surface area contributed by atoms with E-state index in [9.17, 15) is 4.79 Å². The summed E-state index contributed by atoms with van der Waals surface area (Å²) < 4.78 is 16.3. The number of methoxy groups -OCH3 is 2. The van der Waals surface area contributed by atoms with E-state index in [2.05, 4.69) is 21.6 Å². The van der Waals surface area contributed by atoms with E-state index >= 15 is 0 Å². The van der Waals surface area contributed by atoms with Gasteiger partial charge in [0.25, 0.3) is 5.22 Å². The Morgan fingerprint density at radius 2 is 2.07 bits per heavy atom. The molecule has 1 aromatic heterocycles. The van der Waals surface area contributed by atoms with Crippen molar-refractivity contribution in [3.05, 3.63) is 29.8 Å². The highest BCUT2D eigenvalue weighted by atomic mass is 32.2. The number of hydrogen-bond acceptors (Lipinski definition) is 7. The Morgan fingerprint density at radius 3 is 2.79 bits per heavy atom. The molecule has 1 amide bonds. The highest BCUT2D eigenvalue weighted by molar-refractivity contribution is 8.00. The van der Waals surface area contributed by atoms with E-state index < -0.39 is 0 Å². The van der Waals surface area contributed by atoms with Gasteiger partial charge in [0.2, 0.25) is 11.8 Å². The summed E-state index contributed by atoms with van der Waals surface area (Å²) >= 11 is 1.25. The topological polar surface area (TPSA) is 86.5 Å². The second-order valence-electron chi connectivity index (χ2n) is 6.85. The summed E-state index contributed by atoms with van der Waals surface area (Å²) in [6.07, 6.45) is 8.08. The molecule has 8 heteroatoms. The Kier molecular flexibility index (Phi) is 7.57. The predicted octanol–water partition coefficient (Wildman–Crippen LogP) is 4.24. The highest BCUT2D eigenvalue weighted by Crippen LogP contribution is 2.33. The molecular weight excluding hydrogens is 390 g/mol. The van der Waals surface area contributed by atoms with Gasteiger partial charge in [-0.15, -0.1) is 10.2 Å². The third kappa shape index (κ3) is 5.76. The van der Waals surface area contributed by atoms with Crippen LogP contribution in [0.5, 0.6) is 11.5 Å². The molecule has 1 aliphatic rings. The summed E-state index contributed by atoms with van der Waals surface area (Å²) in [5.74, 6) is 1.54. The lowest BCUT2D eigenvalue weighted by Crippen LogP contribution is -2.31. The summed E-state index contributed by atoms with van der Waals surface area (Å²) in [6, 6.07) is 5.37. The Balaban J connectivity index is 1.53. The minimum atomic E-state index is -0.325. The molecule has 0 radical (unpaired) electrons. The van der Waals surface area contributed by atoms with E-state index in [1.165, 1.54) is 30.2 Å². The first kappa shape index (κ1) is 21.2. The number of nitrogens with zero attached hydrogens (tertiary/aromatic N) is 2. The average Bonchev–Trinajstić information content (AvgIpc) is 3.22. The summed E-state index contributed by atoms with van der Waals surface area (Å²) in [5.41, 5.74) is 2.17. The molecule has 0 saturated carbocycles. The van der Waals surface area contributed by atoms with Gasteiger partial charge in [0, 0.05) is 12.1 Å². The summed E-state index contributed by atoms with van der Waals surface area (Å²) in [6.45, 7) is 2.50. The lowest BCUT2D eigenvalue weighted by Gasteiger charge is -2.14. The van der Waals surface area contributed by atoms with Gasteiger partial charge in [-0.2, -0.15) is 0 Å². The zero-order valence-corrected chi connectivity index (χ0v) is 17.9.